The Morgan fingerprint density at radius 2 is 2.19 bits per heavy atom. The van der Waals surface area contributed by atoms with Gasteiger partial charge in [-0.15, -0.1) is 0 Å². The standard InChI is InChI=1S/C17H23NO2S/c1-2-21-16-9-5-7-14(16)18-17(19)13-10-11-20-15-8-4-3-6-12(13)15/h3-4,6,8,13-14,16H,2,5,7,9-11H2,1H3,(H,18,19)/t13-,14+,16-/m1/s1. The molecule has 0 saturated heterocycles. The minimum atomic E-state index is -0.0529. The normalized spacial score (nSPS) is 27.8. The van der Waals surface area contributed by atoms with Crippen LogP contribution in [0.5, 0.6) is 5.75 Å². The van der Waals surface area contributed by atoms with Crippen LogP contribution in [0.3, 0.4) is 0 Å². The highest BCUT2D eigenvalue weighted by Crippen LogP contribution is 2.35. The van der Waals surface area contributed by atoms with Gasteiger partial charge in [-0.05, 0) is 31.1 Å². The monoisotopic (exact) mass is 305 g/mol. The number of para-hydroxylation sites is 1. The first-order chi connectivity index (χ1) is 10.3. The van der Waals surface area contributed by atoms with Crippen LogP contribution in [0.15, 0.2) is 24.3 Å². The Morgan fingerprint density at radius 3 is 3.05 bits per heavy atom. The Hall–Kier alpha value is -1.16. The molecule has 1 aromatic carbocycles. The van der Waals surface area contributed by atoms with Crippen LogP contribution in [0, 0.1) is 0 Å². The zero-order chi connectivity index (χ0) is 14.7. The maximum atomic E-state index is 12.7. The van der Waals surface area contributed by atoms with Gasteiger partial charge in [-0.1, -0.05) is 31.5 Å². The fraction of sp³-hybridized carbons (Fsp3) is 0.588. The predicted molar refractivity (Wildman–Crippen MR) is 87.0 cm³/mol. The van der Waals surface area contributed by atoms with Crippen molar-refractivity contribution < 1.29 is 9.53 Å². The summed E-state index contributed by atoms with van der Waals surface area (Å²) in [7, 11) is 0. The molecule has 0 radical (unpaired) electrons. The molecule has 1 amide bonds. The number of fused-ring (bicyclic) bond motifs is 1. The van der Waals surface area contributed by atoms with Crippen LogP contribution in [-0.4, -0.2) is 29.6 Å². The summed E-state index contributed by atoms with van der Waals surface area (Å²) in [5, 5.41) is 3.90. The summed E-state index contributed by atoms with van der Waals surface area (Å²) in [6, 6.07) is 8.27. The average Bonchev–Trinajstić information content (AvgIpc) is 2.94. The molecule has 21 heavy (non-hydrogen) atoms. The largest absolute Gasteiger partial charge is 0.493 e. The molecule has 0 unspecified atom stereocenters. The number of carbonyl (C=O) groups excluding carboxylic acids is 1. The van der Waals surface area contributed by atoms with Gasteiger partial charge in [0.1, 0.15) is 5.75 Å². The van der Waals surface area contributed by atoms with E-state index >= 15 is 0 Å². The van der Waals surface area contributed by atoms with Gasteiger partial charge in [0, 0.05) is 16.9 Å². The van der Waals surface area contributed by atoms with E-state index in [0.717, 1.165) is 29.9 Å². The third-order valence-corrected chi connectivity index (χ3v) is 5.76. The molecule has 1 saturated carbocycles. The van der Waals surface area contributed by atoms with Crippen molar-refractivity contribution in [1.82, 2.24) is 5.32 Å². The molecule has 3 atom stereocenters. The van der Waals surface area contributed by atoms with Crippen molar-refractivity contribution >= 4 is 17.7 Å². The van der Waals surface area contributed by atoms with E-state index in [2.05, 4.69) is 12.2 Å². The number of nitrogens with one attached hydrogen (secondary N) is 1. The van der Waals surface area contributed by atoms with Gasteiger partial charge in [0.25, 0.3) is 0 Å². The summed E-state index contributed by atoms with van der Waals surface area (Å²) in [6.45, 7) is 2.82. The molecule has 2 aliphatic rings. The number of hydrogen-bond donors (Lipinski definition) is 1. The van der Waals surface area contributed by atoms with E-state index in [1.54, 1.807) is 0 Å². The first-order valence-corrected chi connectivity index (χ1v) is 8.98. The fourth-order valence-electron chi connectivity index (χ4n) is 3.40. The first kappa shape index (κ1) is 14.8. The van der Waals surface area contributed by atoms with Gasteiger partial charge >= 0.3 is 0 Å². The van der Waals surface area contributed by atoms with Crippen molar-refractivity contribution in [2.45, 2.75) is 49.8 Å². The quantitative estimate of drug-likeness (QED) is 0.927. The maximum Gasteiger partial charge on any atom is 0.228 e. The second kappa shape index (κ2) is 6.73. The van der Waals surface area contributed by atoms with Crippen molar-refractivity contribution in [1.29, 1.82) is 0 Å². The molecule has 1 N–H and O–H groups in total. The maximum absolute atomic E-state index is 12.7. The van der Waals surface area contributed by atoms with Crippen molar-refractivity contribution in [2.75, 3.05) is 12.4 Å². The Kier molecular flexibility index (Phi) is 4.73. The Bertz CT molecular complexity index is 505. The number of rotatable bonds is 4. The van der Waals surface area contributed by atoms with Crippen LogP contribution in [0.2, 0.25) is 0 Å². The Morgan fingerprint density at radius 1 is 1.33 bits per heavy atom. The van der Waals surface area contributed by atoms with Crippen LogP contribution in [-0.2, 0) is 4.79 Å². The number of carbonyl (C=O) groups is 1. The van der Waals surface area contributed by atoms with Gasteiger partial charge in [-0.3, -0.25) is 4.79 Å². The van der Waals surface area contributed by atoms with Crippen LogP contribution < -0.4 is 10.1 Å². The van der Waals surface area contributed by atoms with E-state index in [0.29, 0.717) is 17.9 Å². The molecule has 3 rings (SSSR count). The van der Waals surface area contributed by atoms with Crippen LogP contribution in [0.4, 0.5) is 0 Å². The molecule has 1 aliphatic carbocycles. The molecule has 114 valence electrons. The molecule has 1 aromatic rings. The first-order valence-electron chi connectivity index (χ1n) is 7.93. The third-order valence-electron chi connectivity index (χ3n) is 4.44. The second-order valence-corrected chi connectivity index (χ2v) is 7.28. The highest BCUT2D eigenvalue weighted by atomic mass is 32.2. The van der Waals surface area contributed by atoms with E-state index in [4.69, 9.17) is 4.74 Å². The van der Waals surface area contributed by atoms with Crippen LogP contribution in [0.25, 0.3) is 0 Å². The lowest BCUT2D eigenvalue weighted by Crippen LogP contribution is -2.42. The van der Waals surface area contributed by atoms with Gasteiger partial charge < -0.3 is 10.1 Å². The predicted octanol–water partition coefficient (Wildman–Crippen LogP) is 3.34. The van der Waals surface area contributed by atoms with Crippen molar-refractivity contribution in [3.63, 3.8) is 0 Å². The zero-order valence-corrected chi connectivity index (χ0v) is 13.3. The molecule has 4 heteroatoms. The van der Waals surface area contributed by atoms with E-state index in [1.807, 2.05) is 36.0 Å². The van der Waals surface area contributed by atoms with E-state index in [9.17, 15) is 4.79 Å². The Balaban J connectivity index is 1.69. The SMILES string of the molecule is CCS[C@@H]1CCC[C@@H]1NC(=O)[C@@H]1CCOc2ccccc21. The van der Waals surface area contributed by atoms with Gasteiger partial charge in [0.2, 0.25) is 5.91 Å². The number of thioether (sulfide) groups is 1. The minimum absolute atomic E-state index is 0.0529. The van der Waals surface area contributed by atoms with E-state index in [1.165, 1.54) is 12.8 Å². The zero-order valence-electron chi connectivity index (χ0n) is 12.5. The molecule has 3 nitrogen and oxygen atoms in total. The number of amides is 1. The molecule has 0 spiro atoms. The Labute approximate surface area is 130 Å². The molecule has 0 aromatic heterocycles. The van der Waals surface area contributed by atoms with Crippen LogP contribution >= 0.6 is 11.8 Å². The van der Waals surface area contributed by atoms with Gasteiger partial charge in [-0.25, -0.2) is 0 Å². The molecule has 1 aliphatic heterocycles. The number of hydrogen-bond acceptors (Lipinski definition) is 3. The smallest absolute Gasteiger partial charge is 0.228 e. The van der Waals surface area contributed by atoms with E-state index < -0.39 is 0 Å². The summed E-state index contributed by atoms with van der Waals surface area (Å²) < 4.78 is 5.65. The van der Waals surface area contributed by atoms with E-state index in [-0.39, 0.29) is 11.8 Å². The number of ether oxygens (including phenoxy) is 1. The summed E-state index contributed by atoms with van der Waals surface area (Å²) >= 11 is 1.98. The van der Waals surface area contributed by atoms with Gasteiger partial charge in [0.05, 0.1) is 12.5 Å². The summed E-state index contributed by atoms with van der Waals surface area (Å²) in [5.74, 6) is 2.12. The fourth-order valence-corrected chi connectivity index (χ4v) is 4.60. The molecule has 1 fully saturated rings. The summed E-state index contributed by atoms with van der Waals surface area (Å²) in [5.41, 5.74) is 1.04. The topological polar surface area (TPSA) is 38.3 Å². The lowest BCUT2D eigenvalue weighted by molar-refractivity contribution is -0.123. The second-order valence-electron chi connectivity index (χ2n) is 5.77. The molecule has 0 bridgehead atoms. The van der Waals surface area contributed by atoms with Crippen LogP contribution in [0.1, 0.15) is 44.1 Å². The molecular weight excluding hydrogens is 282 g/mol. The molecule has 1 heterocycles. The van der Waals surface area contributed by atoms with Crippen molar-refractivity contribution in [3.05, 3.63) is 29.8 Å². The summed E-state index contributed by atoms with van der Waals surface area (Å²) in [4.78, 5) is 12.7. The van der Waals surface area contributed by atoms with Crippen molar-refractivity contribution in [3.8, 4) is 5.75 Å². The average molecular weight is 305 g/mol. The highest BCUT2D eigenvalue weighted by molar-refractivity contribution is 7.99. The lowest BCUT2D eigenvalue weighted by atomic mass is 9.92. The minimum Gasteiger partial charge on any atom is -0.493 e. The lowest BCUT2D eigenvalue weighted by Gasteiger charge is -2.28. The highest BCUT2D eigenvalue weighted by Gasteiger charge is 2.33. The number of benzene rings is 1. The van der Waals surface area contributed by atoms with Gasteiger partial charge in [0.15, 0.2) is 0 Å². The third kappa shape index (κ3) is 3.20. The summed E-state index contributed by atoms with van der Waals surface area (Å²) in [6.07, 6.45) is 4.36. The molecular formula is C17H23NO2S. The van der Waals surface area contributed by atoms with Gasteiger partial charge in [-0.2, -0.15) is 11.8 Å². The van der Waals surface area contributed by atoms with Crippen molar-refractivity contribution in [2.24, 2.45) is 0 Å².